The number of aldehydes is 1. The van der Waals surface area contributed by atoms with E-state index in [0.717, 1.165) is 48.7 Å². The number of hydrogen-bond acceptors (Lipinski definition) is 4. The highest BCUT2D eigenvalue weighted by Crippen LogP contribution is 2.44. The molecule has 1 heterocycles. The Balaban J connectivity index is 1.78. The second-order valence-corrected chi connectivity index (χ2v) is 8.68. The minimum Gasteiger partial charge on any atom is -0.504 e. The average Bonchev–Trinajstić information content (AvgIpc) is 2.74. The standard InChI is InChI=1S/C25H29NO4/c1-16(2)30-23-14-21-19(12-22(23)28)13-24(29)26(20-10-8-17(15-27)9-11-20)25(21)18-6-4-3-5-7-18/h3-7,12,14-17,20,25,28H,8-11,13H2,1-2H3. The highest BCUT2D eigenvalue weighted by atomic mass is 16.5. The zero-order valence-corrected chi connectivity index (χ0v) is 17.6. The third kappa shape index (κ3) is 3.93. The summed E-state index contributed by atoms with van der Waals surface area (Å²) in [6.07, 6.45) is 4.57. The summed E-state index contributed by atoms with van der Waals surface area (Å²) in [5.41, 5.74) is 2.90. The van der Waals surface area contributed by atoms with E-state index in [0.29, 0.717) is 5.75 Å². The normalized spacial score (nSPS) is 23.9. The Morgan fingerprint density at radius 1 is 1.10 bits per heavy atom. The van der Waals surface area contributed by atoms with Gasteiger partial charge in [0.05, 0.1) is 18.6 Å². The smallest absolute Gasteiger partial charge is 0.228 e. The second-order valence-electron chi connectivity index (χ2n) is 8.68. The number of aromatic hydroxyl groups is 1. The van der Waals surface area contributed by atoms with Crippen LogP contribution >= 0.6 is 0 Å². The molecule has 30 heavy (non-hydrogen) atoms. The first kappa shape index (κ1) is 20.5. The molecule has 0 aromatic heterocycles. The van der Waals surface area contributed by atoms with Crippen molar-refractivity contribution >= 4 is 12.2 Å². The van der Waals surface area contributed by atoms with E-state index in [1.165, 1.54) is 0 Å². The molecule has 2 aromatic rings. The number of ether oxygens (including phenoxy) is 1. The number of fused-ring (bicyclic) bond motifs is 1. The zero-order valence-electron chi connectivity index (χ0n) is 17.6. The number of hydrogen-bond donors (Lipinski definition) is 1. The van der Waals surface area contributed by atoms with Crippen molar-refractivity contribution in [1.82, 2.24) is 4.90 Å². The molecule has 1 fully saturated rings. The largest absolute Gasteiger partial charge is 0.504 e. The van der Waals surface area contributed by atoms with Gasteiger partial charge in [0.25, 0.3) is 0 Å². The summed E-state index contributed by atoms with van der Waals surface area (Å²) in [5.74, 6) is 0.695. The fourth-order valence-corrected chi connectivity index (χ4v) is 4.84. The maximum Gasteiger partial charge on any atom is 0.228 e. The summed E-state index contributed by atoms with van der Waals surface area (Å²) in [5, 5.41) is 10.4. The van der Waals surface area contributed by atoms with Crippen LogP contribution in [0.25, 0.3) is 0 Å². The van der Waals surface area contributed by atoms with Crippen LogP contribution < -0.4 is 4.74 Å². The number of phenolic OH excluding ortho intramolecular Hbond substituents is 1. The zero-order chi connectivity index (χ0) is 21.3. The van der Waals surface area contributed by atoms with Crippen LogP contribution in [0.15, 0.2) is 42.5 Å². The molecule has 1 saturated carbocycles. The van der Waals surface area contributed by atoms with Gasteiger partial charge in [0.15, 0.2) is 11.5 Å². The predicted octanol–water partition coefficient (Wildman–Crippen LogP) is 4.41. The molecular formula is C25H29NO4. The molecule has 0 bridgehead atoms. The van der Waals surface area contributed by atoms with E-state index in [9.17, 15) is 14.7 Å². The number of phenols is 1. The number of rotatable bonds is 5. The summed E-state index contributed by atoms with van der Waals surface area (Å²) < 4.78 is 5.84. The lowest BCUT2D eigenvalue weighted by atomic mass is 9.81. The summed E-state index contributed by atoms with van der Waals surface area (Å²) in [7, 11) is 0. The maximum atomic E-state index is 13.3. The minimum absolute atomic E-state index is 0.0657. The van der Waals surface area contributed by atoms with Gasteiger partial charge < -0.3 is 19.5 Å². The lowest BCUT2D eigenvalue weighted by Gasteiger charge is -2.44. The number of benzene rings is 2. The van der Waals surface area contributed by atoms with Gasteiger partial charge in [-0.25, -0.2) is 0 Å². The van der Waals surface area contributed by atoms with E-state index in [4.69, 9.17) is 4.74 Å². The SMILES string of the molecule is CC(C)Oc1cc2c(cc1O)CC(=O)N(C1CCC(C=O)CC1)C2c1ccccc1. The molecule has 1 aliphatic heterocycles. The van der Waals surface area contributed by atoms with Gasteiger partial charge in [-0.1, -0.05) is 30.3 Å². The molecule has 5 heteroatoms. The molecular weight excluding hydrogens is 378 g/mol. The van der Waals surface area contributed by atoms with Crippen molar-refractivity contribution in [2.75, 3.05) is 0 Å². The molecule has 1 unspecified atom stereocenters. The molecule has 1 aliphatic carbocycles. The average molecular weight is 408 g/mol. The maximum absolute atomic E-state index is 13.3. The van der Waals surface area contributed by atoms with Crippen LogP contribution in [-0.2, 0) is 16.0 Å². The van der Waals surface area contributed by atoms with Crippen molar-refractivity contribution in [1.29, 1.82) is 0 Å². The molecule has 0 spiro atoms. The first-order valence-electron chi connectivity index (χ1n) is 10.8. The number of carbonyl (C=O) groups excluding carboxylic acids is 2. The Kier molecular flexibility index (Phi) is 5.80. The van der Waals surface area contributed by atoms with E-state index in [1.54, 1.807) is 6.07 Å². The van der Waals surface area contributed by atoms with Crippen LogP contribution in [0.1, 0.15) is 62.3 Å². The molecule has 1 atom stereocenters. The highest BCUT2D eigenvalue weighted by molar-refractivity contribution is 5.83. The van der Waals surface area contributed by atoms with E-state index in [1.807, 2.05) is 55.1 Å². The Morgan fingerprint density at radius 3 is 2.43 bits per heavy atom. The van der Waals surface area contributed by atoms with Gasteiger partial charge in [-0.2, -0.15) is 0 Å². The summed E-state index contributed by atoms with van der Waals surface area (Å²) >= 11 is 0. The Hall–Kier alpha value is -2.82. The molecule has 2 aromatic carbocycles. The predicted molar refractivity (Wildman–Crippen MR) is 115 cm³/mol. The van der Waals surface area contributed by atoms with Gasteiger partial charge in [-0.05, 0) is 68.4 Å². The Labute approximate surface area is 177 Å². The fourth-order valence-electron chi connectivity index (χ4n) is 4.84. The summed E-state index contributed by atoms with van der Waals surface area (Å²) in [4.78, 5) is 26.5. The van der Waals surface area contributed by atoms with Crippen LogP contribution in [0.2, 0.25) is 0 Å². The molecule has 0 saturated heterocycles. The van der Waals surface area contributed by atoms with Crippen LogP contribution in [0, 0.1) is 5.92 Å². The van der Waals surface area contributed by atoms with Gasteiger partial charge in [0, 0.05) is 12.0 Å². The first-order valence-corrected chi connectivity index (χ1v) is 10.8. The van der Waals surface area contributed by atoms with Crippen molar-refractivity contribution in [2.45, 2.75) is 64.1 Å². The van der Waals surface area contributed by atoms with Gasteiger partial charge in [0.1, 0.15) is 6.29 Å². The van der Waals surface area contributed by atoms with Gasteiger partial charge in [-0.3, -0.25) is 4.79 Å². The van der Waals surface area contributed by atoms with Gasteiger partial charge in [-0.15, -0.1) is 0 Å². The van der Waals surface area contributed by atoms with Gasteiger partial charge >= 0.3 is 0 Å². The summed E-state index contributed by atoms with van der Waals surface area (Å²) in [6, 6.07) is 13.5. The van der Waals surface area contributed by atoms with Crippen LogP contribution in [0.4, 0.5) is 0 Å². The lowest BCUT2D eigenvalue weighted by Crippen LogP contribution is -2.48. The van der Waals surface area contributed by atoms with Crippen LogP contribution in [-0.4, -0.2) is 34.3 Å². The van der Waals surface area contributed by atoms with E-state index in [-0.39, 0.29) is 42.2 Å². The minimum atomic E-state index is -0.227. The van der Waals surface area contributed by atoms with Crippen molar-refractivity contribution in [3.8, 4) is 11.5 Å². The second kappa shape index (κ2) is 8.50. The molecule has 2 aliphatic rings. The summed E-state index contributed by atoms with van der Waals surface area (Å²) in [6.45, 7) is 3.85. The monoisotopic (exact) mass is 407 g/mol. The molecule has 1 amide bonds. The van der Waals surface area contributed by atoms with Crippen LogP contribution in [0.3, 0.4) is 0 Å². The number of carbonyl (C=O) groups is 2. The van der Waals surface area contributed by atoms with E-state index in [2.05, 4.69) is 0 Å². The Bertz CT molecular complexity index is 916. The molecule has 5 nitrogen and oxygen atoms in total. The number of amides is 1. The third-order valence-corrected chi connectivity index (χ3v) is 6.23. The molecule has 0 radical (unpaired) electrons. The molecule has 158 valence electrons. The van der Waals surface area contributed by atoms with Gasteiger partial charge in [0.2, 0.25) is 5.91 Å². The third-order valence-electron chi connectivity index (χ3n) is 6.23. The van der Waals surface area contributed by atoms with E-state index >= 15 is 0 Å². The van der Waals surface area contributed by atoms with Crippen molar-refractivity contribution in [3.05, 3.63) is 59.2 Å². The van der Waals surface area contributed by atoms with Crippen molar-refractivity contribution < 1.29 is 19.4 Å². The first-order chi connectivity index (χ1) is 14.5. The molecule has 4 rings (SSSR count). The topological polar surface area (TPSA) is 66.8 Å². The molecule has 1 N–H and O–H groups in total. The number of nitrogens with zero attached hydrogens (tertiary/aromatic N) is 1. The fraction of sp³-hybridized carbons (Fsp3) is 0.440. The quantitative estimate of drug-likeness (QED) is 0.746. The van der Waals surface area contributed by atoms with E-state index < -0.39 is 0 Å². The highest BCUT2D eigenvalue weighted by Gasteiger charge is 2.39. The van der Waals surface area contributed by atoms with Crippen LogP contribution in [0.5, 0.6) is 11.5 Å². The Morgan fingerprint density at radius 2 is 1.80 bits per heavy atom. The van der Waals surface area contributed by atoms with Crippen molar-refractivity contribution in [2.24, 2.45) is 5.92 Å². The lowest BCUT2D eigenvalue weighted by molar-refractivity contribution is -0.137. The van der Waals surface area contributed by atoms with Crippen molar-refractivity contribution in [3.63, 3.8) is 0 Å².